The van der Waals surface area contributed by atoms with Crippen LogP contribution in [0.5, 0.6) is 0 Å². The fraction of sp³-hybridized carbons (Fsp3) is 0.133. The van der Waals surface area contributed by atoms with Crippen molar-refractivity contribution in [3.05, 3.63) is 57.3 Å². The van der Waals surface area contributed by atoms with Gasteiger partial charge in [-0.2, -0.15) is 5.26 Å². The third-order valence-corrected chi connectivity index (χ3v) is 4.22. The highest BCUT2D eigenvalue weighted by molar-refractivity contribution is 7.11. The number of nitriles is 1. The van der Waals surface area contributed by atoms with E-state index in [0.717, 1.165) is 16.0 Å². The summed E-state index contributed by atoms with van der Waals surface area (Å²) in [5.41, 5.74) is 3.77. The summed E-state index contributed by atoms with van der Waals surface area (Å²) in [5.74, 6) is 0. The number of allylic oxidation sites excluding steroid dienone is 1. The average Bonchev–Trinajstić information content (AvgIpc) is 2.87. The van der Waals surface area contributed by atoms with Crippen molar-refractivity contribution in [3.8, 4) is 6.07 Å². The molecule has 1 heterocycles. The summed E-state index contributed by atoms with van der Waals surface area (Å²) in [6.45, 7) is 4.07. The Bertz CT molecular complexity index is 633. The molecule has 0 saturated carbocycles. The molecule has 1 aromatic carbocycles. The standard InChI is InChI=1S/C15H12ClNS/c1-10-5-3-6-12(11(10)2)15(16)13(9-17)14-7-4-8-18-14/h3-8H,1-2H3. The van der Waals surface area contributed by atoms with E-state index in [9.17, 15) is 5.26 Å². The maximum Gasteiger partial charge on any atom is 0.102 e. The van der Waals surface area contributed by atoms with Crippen LogP contribution in [0, 0.1) is 25.2 Å². The molecule has 0 atom stereocenters. The molecule has 0 bridgehead atoms. The zero-order chi connectivity index (χ0) is 13.1. The second-order valence-corrected chi connectivity index (χ2v) is 5.35. The smallest absolute Gasteiger partial charge is 0.102 e. The Balaban J connectivity index is 2.62. The quantitative estimate of drug-likeness (QED) is 0.707. The minimum atomic E-state index is 0.529. The van der Waals surface area contributed by atoms with Gasteiger partial charge >= 0.3 is 0 Å². The van der Waals surface area contributed by atoms with Crippen molar-refractivity contribution in [3.63, 3.8) is 0 Å². The summed E-state index contributed by atoms with van der Waals surface area (Å²) in [7, 11) is 0. The Morgan fingerprint density at radius 1 is 1.22 bits per heavy atom. The van der Waals surface area contributed by atoms with Crippen molar-refractivity contribution in [2.75, 3.05) is 0 Å². The first kappa shape index (κ1) is 12.9. The second-order valence-electron chi connectivity index (χ2n) is 4.03. The lowest BCUT2D eigenvalue weighted by Gasteiger charge is -2.08. The van der Waals surface area contributed by atoms with Crippen molar-refractivity contribution in [1.29, 1.82) is 5.26 Å². The Morgan fingerprint density at radius 2 is 2.00 bits per heavy atom. The molecule has 0 spiro atoms. The minimum absolute atomic E-state index is 0.529. The minimum Gasteiger partial charge on any atom is -0.192 e. The average molecular weight is 274 g/mol. The number of hydrogen-bond acceptors (Lipinski definition) is 2. The summed E-state index contributed by atoms with van der Waals surface area (Å²) >= 11 is 7.93. The van der Waals surface area contributed by atoms with Gasteiger partial charge in [0.15, 0.2) is 0 Å². The van der Waals surface area contributed by atoms with Gasteiger partial charge < -0.3 is 0 Å². The zero-order valence-corrected chi connectivity index (χ0v) is 11.8. The SMILES string of the molecule is Cc1cccc(C(Cl)=C(C#N)c2cccs2)c1C. The number of thiophene rings is 1. The molecule has 18 heavy (non-hydrogen) atoms. The Morgan fingerprint density at radius 3 is 2.61 bits per heavy atom. The number of rotatable bonds is 2. The van der Waals surface area contributed by atoms with Crippen LogP contribution < -0.4 is 0 Å². The fourth-order valence-electron chi connectivity index (χ4n) is 1.76. The highest BCUT2D eigenvalue weighted by Crippen LogP contribution is 2.33. The van der Waals surface area contributed by atoms with Crippen LogP contribution in [0.15, 0.2) is 35.7 Å². The van der Waals surface area contributed by atoms with Crippen LogP contribution in [0.3, 0.4) is 0 Å². The van der Waals surface area contributed by atoms with Gasteiger partial charge in [-0.25, -0.2) is 0 Å². The summed E-state index contributed by atoms with van der Waals surface area (Å²) < 4.78 is 0. The molecule has 0 aliphatic heterocycles. The molecule has 0 fully saturated rings. The predicted molar refractivity (Wildman–Crippen MR) is 78.5 cm³/mol. The van der Waals surface area contributed by atoms with Gasteiger partial charge in [0.1, 0.15) is 6.07 Å². The normalized spacial score (nSPS) is 11.9. The molecule has 2 aromatic rings. The van der Waals surface area contributed by atoms with Crippen molar-refractivity contribution in [2.45, 2.75) is 13.8 Å². The molecule has 0 aliphatic carbocycles. The van der Waals surface area contributed by atoms with Gasteiger partial charge in [0, 0.05) is 4.88 Å². The number of benzene rings is 1. The van der Waals surface area contributed by atoms with Crippen molar-refractivity contribution in [2.24, 2.45) is 0 Å². The first-order valence-electron chi connectivity index (χ1n) is 5.55. The fourth-order valence-corrected chi connectivity index (χ4v) is 2.89. The number of nitrogens with zero attached hydrogens (tertiary/aromatic N) is 1. The zero-order valence-electron chi connectivity index (χ0n) is 10.2. The maximum atomic E-state index is 9.30. The van der Waals surface area contributed by atoms with Gasteiger partial charge in [0.05, 0.1) is 10.6 Å². The second kappa shape index (κ2) is 5.39. The molecular formula is C15H12ClNS. The van der Waals surface area contributed by atoms with Crippen LogP contribution in [-0.4, -0.2) is 0 Å². The molecule has 3 heteroatoms. The van der Waals surface area contributed by atoms with Crippen LogP contribution in [0.4, 0.5) is 0 Å². The van der Waals surface area contributed by atoms with Crippen LogP contribution >= 0.6 is 22.9 Å². The van der Waals surface area contributed by atoms with Crippen molar-refractivity contribution < 1.29 is 0 Å². The molecule has 1 nitrogen and oxygen atoms in total. The van der Waals surface area contributed by atoms with E-state index < -0.39 is 0 Å². The van der Waals surface area contributed by atoms with E-state index in [4.69, 9.17) is 11.6 Å². The number of halogens is 1. The molecule has 1 aromatic heterocycles. The lowest BCUT2D eigenvalue weighted by atomic mass is 10.0. The molecule has 0 amide bonds. The predicted octanol–water partition coefficient (Wildman–Crippen LogP) is 5.00. The van der Waals surface area contributed by atoms with E-state index in [-0.39, 0.29) is 0 Å². The number of aryl methyl sites for hydroxylation is 1. The Hall–Kier alpha value is -1.56. The molecule has 0 N–H and O–H groups in total. The topological polar surface area (TPSA) is 23.8 Å². The molecule has 0 unspecified atom stereocenters. The molecular weight excluding hydrogens is 262 g/mol. The van der Waals surface area contributed by atoms with Gasteiger partial charge in [-0.1, -0.05) is 35.9 Å². The van der Waals surface area contributed by atoms with Gasteiger partial charge in [0.2, 0.25) is 0 Å². The summed E-state index contributed by atoms with van der Waals surface area (Å²) in [6.07, 6.45) is 0. The van der Waals surface area contributed by atoms with E-state index in [2.05, 4.69) is 6.07 Å². The lowest BCUT2D eigenvalue weighted by molar-refractivity contribution is 1.32. The maximum absolute atomic E-state index is 9.30. The van der Waals surface area contributed by atoms with Gasteiger partial charge in [-0.3, -0.25) is 0 Å². The van der Waals surface area contributed by atoms with E-state index in [1.54, 1.807) is 0 Å². The molecule has 90 valence electrons. The van der Waals surface area contributed by atoms with Crippen LogP contribution in [0.2, 0.25) is 0 Å². The monoisotopic (exact) mass is 273 g/mol. The van der Waals surface area contributed by atoms with Crippen LogP contribution in [0.1, 0.15) is 21.6 Å². The van der Waals surface area contributed by atoms with Gasteiger partial charge in [-0.05, 0) is 42.0 Å². The lowest BCUT2D eigenvalue weighted by Crippen LogP contribution is -1.90. The molecule has 0 radical (unpaired) electrons. The third kappa shape index (κ3) is 2.33. The van der Waals surface area contributed by atoms with E-state index in [1.807, 2.05) is 49.6 Å². The van der Waals surface area contributed by atoms with E-state index in [0.29, 0.717) is 10.6 Å². The van der Waals surface area contributed by atoms with Gasteiger partial charge in [0.25, 0.3) is 0 Å². The number of hydrogen-bond donors (Lipinski definition) is 0. The van der Waals surface area contributed by atoms with Gasteiger partial charge in [-0.15, -0.1) is 11.3 Å². The highest BCUT2D eigenvalue weighted by Gasteiger charge is 2.12. The summed E-state index contributed by atoms with van der Waals surface area (Å²) in [6, 6.07) is 12.0. The van der Waals surface area contributed by atoms with Crippen LogP contribution in [0.25, 0.3) is 10.6 Å². The van der Waals surface area contributed by atoms with Crippen LogP contribution in [-0.2, 0) is 0 Å². The largest absolute Gasteiger partial charge is 0.192 e. The van der Waals surface area contributed by atoms with E-state index in [1.165, 1.54) is 16.9 Å². The Kier molecular flexibility index (Phi) is 3.86. The summed E-state index contributed by atoms with van der Waals surface area (Å²) in [5, 5.41) is 11.8. The summed E-state index contributed by atoms with van der Waals surface area (Å²) in [4.78, 5) is 0.906. The Labute approximate surface area is 116 Å². The first-order valence-corrected chi connectivity index (χ1v) is 6.81. The highest BCUT2D eigenvalue weighted by atomic mass is 35.5. The first-order chi connectivity index (χ1) is 8.65. The van der Waals surface area contributed by atoms with Crippen molar-refractivity contribution >= 4 is 33.5 Å². The third-order valence-electron chi connectivity index (χ3n) is 2.94. The molecule has 2 rings (SSSR count). The van der Waals surface area contributed by atoms with E-state index >= 15 is 0 Å². The van der Waals surface area contributed by atoms with Crippen molar-refractivity contribution in [1.82, 2.24) is 0 Å². The molecule has 0 saturated heterocycles. The molecule has 0 aliphatic rings.